The zero-order chi connectivity index (χ0) is 50.1. The molecular weight excluding hydrogens is 1260 g/mol. The van der Waals surface area contributed by atoms with E-state index in [0.717, 1.165) is 0 Å². The molecule has 71 heavy (non-hydrogen) atoms. The molecule has 0 aromatic rings. The fourth-order valence-corrected chi connectivity index (χ4v) is 23.6. The SMILES string of the molecule is C.C.C.C.C.C.C.C.C.C.C.C.C.C.C.CO[SiH](C)C.CO[SiH](C)C.CO[SiH](C)C.CO[Si](C)(C)C.CO[Si](C)(C)C.CO[Si](C)(C)C.CO[Si](C)(C)C.C[Si]1(C)O[Si](C)(C)O[Si](C)(C)O[Si](C)(C)O1.[2H][Pt]([2H])[3H]. The van der Waals surface area contributed by atoms with Crippen LogP contribution in [0.2, 0.25) is 170 Å². The third-order valence-corrected chi connectivity index (χ3v) is 29.3. The summed E-state index contributed by atoms with van der Waals surface area (Å²) in [6, 6.07) is 0. The van der Waals surface area contributed by atoms with Gasteiger partial charge in [-0.3, -0.25) is 0 Å². The van der Waals surface area contributed by atoms with Gasteiger partial charge in [0, 0.05) is 49.8 Å². The van der Waals surface area contributed by atoms with Crippen LogP contribution in [0.15, 0.2) is 0 Å². The van der Waals surface area contributed by atoms with Crippen molar-refractivity contribution >= 4 is 94.6 Å². The fraction of sp³-hybridized carbons (Fsp3) is 1.00. The van der Waals surface area contributed by atoms with Gasteiger partial charge in [-0.05, 0) is 170 Å². The molecule has 0 aromatic heterocycles. The van der Waals surface area contributed by atoms with Gasteiger partial charge in [-0.2, -0.15) is 0 Å². The quantitative estimate of drug-likeness (QED) is 0.228. The van der Waals surface area contributed by atoms with Gasteiger partial charge in [0.05, 0.1) is 0 Å². The second-order valence-electron chi connectivity index (χ2n) is 19.1. The zero-order valence-corrected chi connectivity index (χ0v) is 57.3. The van der Waals surface area contributed by atoms with Crippen molar-refractivity contribution in [2.24, 2.45) is 0 Å². The van der Waals surface area contributed by atoms with Crippen LogP contribution in [-0.4, -0.2) is 147 Å². The first-order valence-electron chi connectivity index (χ1n) is 20.4. The van der Waals surface area contributed by atoms with E-state index in [1.807, 2.05) is 0 Å². The van der Waals surface area contributed by atoms with E-state index in [4.69, 9.17) is 49.7 Å². The fourth-order valence-electron chi connectivity index (χ4n) is 2.45. The Morgan fingerprint density at radius 3 is 0.408 bits per heavy atom. The Morgan fingerprint density at radius 1 is 0.324 bits per heavy atom. The molecule has 0 unspecified atom stereocenters. The van der Waals surface area contributed by atoms with Crippen LogP contribution in [0.25, 0.3) is 0 Å². The summed E-state index contributed by atoms with van der Waals surface area (Å²) < 4.78 is 77.8. The van der Waals surface area contributed by atoms with Gasteiger partial charge in [0.25, 0.3) is 0 Å². The average molecular weight is 1430 g/mol. The minimum atomic E-state index is -2.52. The Bertz CT molecular complexity index is 772. The standard InChI is InChI=1S/C8H24O4Si4.4C4H12OSi.3C3H10OSi.15CH4.Pt.3H/c1-13(2)9-14(3,4)11-16(7,8)12-15(5,6)10-13;4*1-5-6(2,3)4;3*1-4-5(2)3;;;;;;;;;;;;;;;;;;;/h1-8H3;4*1-4H3;3*5H,1-3H3;15*1H4;;;;/i;;;;;;;;;;;;;;;;;;;;;;;;1+2;2*1+1. The minimum absolute atomic E-state index is 0. The molecule has 1 heterocycles. The van der Waals surface area contributed by atoms with E-state index in [0.29, 0.717) is 0 Å². The molecule has 1 fully saturated rings. The van der Waals surface area contributed by atoms with E-state index in [1.165, 1.54) is 0 Å². The van der Waals surface area contributed by atoms with Crippen molar-refractivity contribution in [3.63, 3.8) is 0 Å². The summed E-state index contributed by atoms with van der Waals surface area (Å²) in [5.41, 5.74) is 0. The summed E-state index contributed by atoms with van der Waals surface area (Å²) in [6.07, 6.45) is 0. The van der Waals surface area contributed by atoms with Crippen LogP contribution in [0.4, 0.5) is 0 Å². The van der Waals surface area contributed by atoms with Gasteiger partial charge in [-0.15, -0.1) is 0 Å². The van der Waals surface area contributed by atoms with E-state index in [2.05, 4.69) is 170 Å². The first kappa shape index (κ1) is 135. The Kier molecular flexibility index (Phi) is 142. The maximum atomic E-state index is 6.16. The van der Waals surface area contributed by atoms with Gasteiger partial charge in [0.15, 0.2) is 60.4 Å². The summed E-state index contributed by atoms with van der Waals surface area (Å²) in [5, 5.41) is 0. The van der Waals surface area contributed by atoms with Crippen LogP contribution in [0.1, 0.15) is 111 Å². The molecule has 1 rings (SSSR count). The molecule has 0 N–H and O–H groups in total. The molecule has 0 atom stereocenters. The molecule has 0 spiro atoms. The monoisotopic (exact) mass is 1420 g/mol. The van der Waals surface area contributed by atoms with Gasteiger partial charge in [-0.25, -0.2) is 0 Å². The van der Waals surface area contributed by atoms with Crippen molar-refractivity contribution in [2.45, 2.75) is 282 Å². The molecule has 0 amide bonds. The van der Waals surface area contributed by atoms with Crippen LogP contribution in [0.3, 0.4) is 0 Å². The van der Waals surface area contributed by atoms with Gasteiger partial charge in [0.1, 0.15) is 0 Å². The zero-order valence-electron chi connectivity index (χ0n) is 46.5. The summed E-state index contributed by atoms with van der Waals surface area (Å²) in [4.78, 5) is 0. The van der Waals surface area contributed by atoms with Gasteiger partial charge in [-0.1, -0.05) is 111 Å². The van der Waals surface area contributed by atoms with Crippen LogP contribution >= 0.6 is 0 Å². The molecule has 1 aliphatic rings. The van der Waals surface area contributed by atoms with E-state index >= 15 is 0 Å². The van der Waals surface area contributed by atoms with E-state index < -0.39 is 115 Å². The molecule has 1 saturated heterocycles. The first-order valence-corrected chi connectivity index (χ1v) is 52.7. The molecule has 1 aliphatic heterocycles. The van der Waals surface area contributed by atoms with E-state index in [-0.39, 0.29) is 111 Å². The molecule has 0 saturated carbocycles. The maximum absolute atomic E-state index is 6.16. The Morgan fingerprint density at radius 2 is 0.380 bits per heavy atom. The van der Waals surface area contributed by atoms with Gasteiger partial charge >= 0.3 is 57.0 Å². The molecule has 0 radical (unpaired) electrons. The molecule has 0 aromatic carbocycles. The van der Waals surface area contributed by atoms with Crippen molar-refractivity contribution in [1.29, 1.82) is 2.25 Å². The second-order valence-corrected chi connectivity index (χ2v) is 59.8. The number of hydrogen-bond acceptors (Lipinski definition) is 11. The normalized spacial score (nSPS) is 13.9. The predicted octanol–water partition coefficient (Wildman–Crippen LogP) is 19.3. The van der Waals surface area contributed by atoms with E-state index in [1.54, 1.807) is 49.8 Å². The second kappa shape index (κ2) is 74.7. The van der Waals surface area contributed by atoms with Gasteiger partial charge < -0.3 is 47.4 Å². The van der Waals surface area contributed by atoms with Crippen LogP contribution in [0, 0.1) is 0 Å². The third kappa shape index (κ3) is 182. The topological polar surface area (TPSA) is 102 Å². The molecule has 0 bridgehead atoms. The van der Waals surface area contributed by atoms with Crippen molar-refractivity contribution in [3.8, 4) is 0 Å². The first-order chi connectivity index (χ1) is 25.6. The third-order valence-electron chi connectivity index (χ3n) is 5.83. The average Bonchev–Trinajstić information content (AvgIpc) is 2.98. The molecule has 23 heteroatoms. The molecular formula is C48H165O11PtSi11. The van der Waals surface area contributed by atoms with Crippen LogP contribution in [-0.2, 0) is 68.0 Å². The Balaban J connectivity index is -0.0000000191. The number of rotatable bonds is 7. The predicted molar refractivity (Wildman–Crippen MR) is 378 cm³/mol. The van der Waals surface area contributed by atoms with Crippen molar-refractivity contribution < 1.29 is 68.0 Å². The Hall–Kier alpha value is 2.63. The summed E-state index contributed by atoms with van der Waals surface area (Å²) in [7, 11) is -2.55. The molecule has 11 nitrogen and oxygen atoms in total. The summed E-state index contributed by atoms with van der Waals surface area (Å²) >= 11 is -2.52. The van der Waals surface area contributed by atoms with Crippen LogP contribution < -0.4 is 0 Å². The van der Waals surface area contributed by atoms with Crippen LogP contribution in [0.5, 0.6) is 0 Å². The summed E-state index contributed by atoms with van der Waals surface area (Å²) in [5.74, 6) is 0. The number of hydrogen-bond donors (Lipinski definition) is 0. The van der Waals surface area contributed by atoms with Crippen molar-refractivity contribution in [1.82, 2.24) is 0 Å². The van der Waals surface area contributed by atoms with Gasteiger partial charge in [0.2, 0.25) is 0 Å². The molecule has 477 valence electrons. The Labute approximate surface area is 492 Å². The summed E-state index contributed by atoms with van der Waals surface area (Å²) in [6.45, 7) is 55.3. The molecule has 0 aliphatic carbocycles. The van der Waals surface area contributed by atoms with E-state index in [9.17, 15) is 0 Å². The van der Waals surface area contributed by atoms with Crippen molar-refractivity contribution in [2.75, 3.05) is 49.8 Å². The van der Waals surface area contributed by atoms with Crippen molar-refractivity contribution in [3.05, 3.63) is 0 Å².